The number of halogens is 1. The van der Waals surface area contributed by atoms with Crippen LogP contribution in [0.2, 0.25) is 0 Å². The minimum Gasteiger partial charge on any atom is -0.352 e. The van der Waals surface area contributed by atoms with E-state index < -0.39 is 34.5 Å². The quantitative estimate of drug-likeness (QED) is 0.326. The summed E-state index contributed by atoms with van der Waals surface area (Å²) in [5.74, 6) is -1.77. The average Bonchev–Trinajstić information content (AvgIpc) is 2.95. The van der Waals surface area contributed by atoms with Gasteiger partial charge in [0.2, 0.25) is 11.8 Å². The highest BCUT2D eigenvalue weighted by Gasteiger charge is 2.35. The smallest absolute Gasteiger partial charge is 0.304 e. The summed E-state index contributed by atoms with van der Waals surface area (Å²) in [6, 6.07) is 21.1. The van der Waals surface area contributed by atoms with E-state index in [2.05, 4.69) is 5.32 Å². The fourth-order valence-corrected chi connectivity index (χ4v) is 5.39. The Hall–Kier alpha value is -3.76. The minimum absolute atomic E-state index is 0.0596. The normalized spacial score (nSPS) is 13.0. The van der Waals surface area contributed by atoms with E-state index in [4.69, 9.17) is 0 Å². The lowest BCUT2D eigenvalue weighted by Crippen LogP contribution is -2.55. The van der Waals surface area contributed by atoms with Crippen LogP contribution in [-0.4, -0.2) is 62.2 Å². The van der Waals surface area contributed by atoms with Gasteiger partial charge in [-0.1, -0.05) is 73.7 Å². The van der Waals surface area contributed by atoms with Crippen LogP contribution < -0.4 is 9.62 Å². The van der Waals surface area contributed by atoms with E-state index in [9.17, 15) is 22.4 Å². The summed E-state index contributed by atoms with van der Waals surface area (Å²) in [6.45, 7) is 5.10. The predicted molar refractivity (Wildman–Crippen MR) is 160 cm³/mol. The Morgan fingerprint density at radius 3 is 2.15 bits per heavy atom. The van der Waals surface area contributed by atoms with Gasteiger partial charge in [0.05, 0.1) is 5.69 Å². The molecule has 3 rings (SSSR count). The summed E-state index contributed by atoms with van der Waals surface area (Å²) in [6.07, 6.45) is 0.901. The van der Waals surface area contributed by atoms with Gasteiger partial charge in [0.25, 0.3) is 0 Å². The van der Waals surface area contributed by atoms with Crippen molar-refractivity contribution in [2.45, 2.75) is 52.2 Å². The lowest BCUT2D eigenvalue weighted by Gasteiger charge is -2.35. The van der Waals surface area contributed by atoms with Crippen LogP contribution in [-0.2, 0) is 32.8 Å². The van der Waals surface area contributed by atoms with E-state index >= 15 is 0 Å². The maximum absolute atomic E-state index is 14.9. The summed E-state index contributed by atoms with van der Waals surface area (Å²) < 4.78 is 43.3. The monoisotopic (exact) mass is 582 g/mol. The third-order valence-electron chi connectivity index (χ3n) is 7.01. The van der Waals surface area contributed by atoms with Crippen molar-refractivity contribution < 1.29 is 22.4 Å². The number of para-hydroxylation sites is 1. The summed E-state index contributed by atoms with van der Waals surface area (Å²) >= 11 is 0. The number of hydrogen-bond donors (Lipinski definition) is 1. The molecule has 41 heavy (non-hydrogen) atoms. The second kappa shape index (κ2) is 14.2. The van der Waals surface area contributed by atoms with Gasteiger partial charge in [0, 0.05) is 33.1 Å². The first-order valence-corrected chi connectivity index (χ1v) is 15.0. The zero-order chi connectivity index (χ0) is 30.2. The summed E-state index contributed by atoms with van der Waals surface area (Å²) in [5.41, 5.74) is 2.31. The number of hydrogen-bond acceptors (Lipinski definition) is 4. The lowest BCUT2D eigenvalue weighted by atomic mass is 10.0. The molecule has 0 spiro atoms. The molecule has 0 saturated carbocycles. The number of rotatable bonds is 13. The average molecular weight is 583 g/mol. The molecule has 3 aromatic carbocycles. The molecule has 0 aliphatic rings. The number of benzene rings is 3. The largest absolute Gasteiger partial charge is 0.352 e. The fraction of sp³-hybridized carbons (Fsp3) is 0.355. The number of carbonyl (C=O) groups is 2. The molecule has 0 aliphatic carbocycles. The fourth-order valence-electron chi connectivity index (χ4n) is 4.32. The maximum atomic E-state index is 14.9. The molecule has 8 nitrogen and oxygen atoms in total. The third-order valence-corrected chi connectivity index (χ3v) is 8.82. The molecular formula is C31H39FN4O4S. The molecule has 0 bridgehead atoms. The number of nitrogens with one attached hydrogen (secondary N) is 1. The maximum Gasteiger partial charge on any atom is 0.304 e. The van der Waals surface area contributed by atoms with Gasteiger partial charge < -0.3 is 10.2 Å². The molecular weight excluding hydrogens is 543 g/mol. The molecule has 0 saturated heterocycles. The van der Waals surface area contributed by atoms with Gasteiger partial charge in [-0.25, -0.2) is 8.70 Å². The highest BCUT2D eigenvalue weighted by molar-refractivity contribution is 7.90. The van der Waals surface area contributed by atoms with Gasteiger partial charge in [-0.2, -0.15) is 12.7 Å². The van der Waals surface area contributed by atoms with Crippen LogP contribution in [0.5, 0.6) is 0 Å². The molecule has 0 heterocycles. The molecule has 10 heteroatoms. The van der Waals surface area contributed by atoms with Gasteiger partial charge >= 0.3 is 10.2 Å². The molecule has 2 unspecified atom stereocenters. The predicted octanol–water partition coefficient (Wildman–Crippen LogP) is 4.30. The third kappa shape index (κ3) is 8.14. The van der Waals surface area contributed by atoms with Crippen LogP contribution in [0.3, 0.4) is 0 Å². The summed E-state index contributed by atoms with van der Waals surface area (Å²) in [4.78, 5) is 29.4. The lowest BCUT2D eigenvalue weighted by molar-refractivity contribution is -0.140. The van der Waals surface area contributed by atoms with Crippen LogP contribution in [0.4, 0.5) is 10.1 Å². The van der Waals surface area contributed by atoms with Crippen molar-refractivity contribution in [1.29, 1.82) is 0 Å². The molecule has 3 aromatic rings. The Bertz CT molecular complexity index is 1430. The Morgan fingerprint density at radius 1 is 0.927 bits per heavy atom. The van der Waals surface area contributed by atoms with Crippen molar-refractivity contribution in [3.8, 4) is 0 Å². The Morgan fingerprint density at radius 2 is 1.54 bits per heavy atom. The Kier molecular flexibility index (Phi) is 11.0. The summed E-state index contributed by atoms with van der Waals surface area (Å²) in [5, 5.41) is 3.00. The molecule has 2 atom stereocenters. The van der Waals surface area contributed by atoms with Gasteiger partial charge in [-0.05, 0) is 49.1 Å². The van der Waals surface area contributed by atoms with Gasteiger partial charge in [-0.15, -0.1) is 0 Å². The minimum atomic E-state index is -4.27. The van der Waals surface area contributed by atoms with Gasteiger partial charge in [-0.3, -0.25) is 9.59 Å². The van der Waals surface area contributed by atoms with E-state index in [1.54, 1.807) is 0 Å². The van der Waals surface area contributed by atoms with Gasteiger partial charge in [0.1, 0.15) is 18.4 Å². The SMILES string of the molecule is CCC(C)NC(=O)C(Cc1ccccc1)N(Cc1ccccc1C)C(=O)CN(c1ccccc1F)S(=O)(=O)N(C)C. The van der Waals surface area contributed by atoms with Crippen LogP contribution in [0, 0.1) is 12.7 Å². The zero-order valence-corrected chi connectivity index (χ0v) is 25.1. The highest BCUT2D eigenvalue weighted by atomic mass is 32.2. The van der Waals surface area contributed by atoms with E-state index in [0.717, 1.165) is 31.4 Å². The van der Waals surface area contributed by atoms with Crippen molar-refractivity contribution >= 4 is 27.7 Å². The number of anilines is 1. The van der Waals surface area contributed by atoms with Crippen LogP contribution in [0.25, 0.3) is 0 Å². The topological polar surface area (TPSA) is 90.0 Å². The molecule has 2 amide bonds. The molecule has 0 aliphatic heterocycles. The van der Waals surface area contributed by atoms with E-state index in [1.165, 1.54) is 37.2 Å². The van der Waals surface area contributed by atoms with E-state index in [1.807, 2.05) is 75.4 Å². The van der Waals surface area contributed by atoms with Crippen molar-refractivity contribution in [1.82, 2.24) is 14.5 Å². The second-order valence-electron chi connectivity index (χ2n) is 10.2. The molecule has 0 radical (unpaired) electrons. The molecule has 220 valence electrons. The first kappa shape index (κ1) is 31.8. The van der Waals surface area contributed by atoms with Crippen molar-refractivity contribution in [3.05, 3.63) is 101 Å². The highest BCUT2D eigenvalue weighted by Crippen LogP contribution is 2.25. The van der Waals surface area contributed by atoms with Crippen LogP contribution in [0.1, 0.15) is 37.0 Å². The van der Waals surface area contributed by atoms with Crippen molar-refractivity contribution in [2.24, 2.45) is 0 Å². The zero-order valence-electron chi connectivity index (χ0n) is 24.2. The van der Waals surface area contributed by atoms with Crippen molar-refractivity contribution in [2.75, 3.05) is 24.9 Å². The van der Waals surface area contributed by atoms with Crippen molar-refractivity contribution in [3.63, 3.8) is 0 Å². The first-order chi connectivity index (χ1) is 19.4. The standard InChI is InChI=1S/C31H39FN4O4S/c1-6-24(3)33-31(38)29(20-25-15-8-7-9-16-25)35(21-26-17-11-10-14-23(26)2)30(37)22-36(41(39,40)34(4)5)28-19-13-12-18-27(28)32/h7-19,24,29H,6,20-22H2,1-5H3,(H,33,38). The molecule has 1 N–H and O–H groups in total. The van der Waals surface area contributed by atoms with Crippen LogP contribution in [0.15, 0.2) is 78.9 Å². The number of aryl methyl sites for hydroxylation is 1. The van der Waals surface area contributed by atoms with Crippen LogP contribution >= 0.6 is 0 Å². The van der Waals surface area contributed by atoms with E-state index in [0.29, 0.717) is 6.42 Å². The number of carbonyl (C=O) groups excluding carboxylic acids is 2. The first-order valence-electron chi connectivity index (χ1n) is 13.6. The van der Waals surface area contributed by atoms with E-state index in [-0.39, 0.29) is 30.6 Å². The van der Waals surface area contributed by atoms with Gasteiger partial charge in [0.15, 0.2) is 0 Å². The number of amides is 2. The summed E-state index contributed by atoms with van der Waals surface area (Å²) in [7, 11) is -1.64. The molecule has 0 fully saturated rings. The second-order valence-corrected chi connectivity index (χ2v) is 12.3. The Balaban J connectivity index is 2.12. The Labute approximate surface area is 243 Å². The number of nitrogens with zero attached hydrogens (tertiary/aromatic N) is 3. The molecule has 0 aromatic heterocycles.